The van der Waals surface area contributed by atoms with Crippen LogP contribution in [0.3, 0.4) is 0 Å². The number of thioether (sulfide) groups is 1. The number of halogens is 5. The number of ether oxygens (including phenoxy) is 2. The van der Waals surface area contributed by atoms with Crippen molar-refractivity contribution in [1.29, 1.82) is 0 Å². The average Bonchev–Trinajstić information content (AvgIpc) is 3.00. The lowest BCUT2D eigenvalue weighted by Gasteiger charge is -2.45. The molecule has 0 radical (unpaired) electrons. The maximum absolute atomic E-state index is 15.2. The van der Waals surface area contributed by atoms with E-state index in [1.165, 1.54) is 23.8 Å². The number of methoxy groups -OCH3 is 1. The van der Waals surface area contributed by atoms with Crippen LogP contribution in [0.2, 0.25) is 0 Å². The average molecular weight is 651 g/mol. The molecule has 0 N–H and O–H groups in total. The third kappa shape index (κ3) is 6.10. The van der Waals surface area contributed by atoms with Crippen molar-refractivity contribution >= 4 is 34.4 Å². The third-order valence-electron chi connectivity index (χ3n) is 7.96. The molecule has 2 aliphatic heterocycles. The molecule has 0 bridgehead atoms. The Bertz CT molecular complexity index is 1710. The smallest absolute Gasteiger partial charge is 0.382 e. The molecule has 0 spiro atoms. The number of carbonyl (C=O) groups is 1. The van der Waals surface area contributed by atoms with Crippen molar-refractivity contribution in [1.82, 2.24) is 14.5 Å². The van der Waals surface area contributed by atoms with Crippen molar-refractivity contribution in [3.63, 3.8) is 0 Å². The zero-order valence-corrected chi connectivity index (χ0v) is 25.4. The van der Waals surface area contributed by atoms with Crippen LogP contribution >= 0.6 is 11.8 Å². The monoisotopic (exact) mass is 650 g/mol. The van der Waals surface area contributed by atoms with E-state index in [-0.39, 0.29) is 59.6 Å². The Kier molecular flexibility index (Phi) is 9.38. The van der Waals surface area contributed by atoms with Crippen LogP contribution < -0.4 is 10.6 Å². The SMILES string of the molecule is C=CC(=O)N1C[C@H](C)N(c2nc(=O)n3c4c(c(-c5ccc(F)cc5F)c(C(F)(F)F)cc24)SC[C@@H]3COCCOC)C[C@H]1C=C. The van der Waals surface area contributed by atoms with Crippen molar-refractivity contribution < 1.29 is 36.2 Å². The highest BCUT2D eigenvalue weighted by molar-refractivity contribution is 7.99. The molecule has 0 saturated carbocycles. The first-order valence-electron chi connectivity index (χ1n) is 14.1. The molecule has 0 aliphatic carbocycles. The molecule has 3 aromatic rings. The predicted molar refractivity (Wildman–Crippen MR) is 162 cm³/mol. The van der Waals surface area contributed by atoms with Crippen LogP contribution in [-0.4, -0.2) is 78.2 Å². The predicted octanol–water partition coefficient (Wildman–Crippen LogP) is 5.45. The summed E-state index contributed by atoms with van der Waals surface area (Å²) in [4.78, 5) is 33.9. The number of anilines is 1. The van der Waals surface area contributed by atoms with Gasteiger partial charge in [0.25, 0.3) is 0 Å². The van der Waals surface area contributed by atoms with Gasteiger partial charge in [-0.15, -0.1) is 18.3 Å². The zero-order chi connectivity index (χ0) is 32.6. The van der Waals surface area contributed by atoms with E-state index in [2.05, 4.69) is 18.1 Å². The van der Waals surface area contributed by atoms with E-state index in [0.29, 0.717) is 12.7 Å². The van der Waals surface area contributed by atoms with Crippen LogP contribution in [0.4, 0.5) is 27.8 Å². The number of amides is 1. The zero-order valence-electron chi connectivity index (χ0n) is 24.6. The molecule has 3 atom stereocenters. The molecule has 45 heavy (non-hydrogen) atoms. The lowest BCUT2D eigenvalue weighted by molar-refractivity contribution is -0.137. The quantitative estimate of drug-likeness (QED) is 0.132. The van der Waals surface area contributed by atoms with E-state index in [4.69, 9.17) is 9.47 Å². The molecule has 8 nitrogen and oxygen atoms in total. The summed E-state index contributed by atoms with van der Waals surface area (Å²) in [5.74, 6) is -2.33. The minimum atomic E-state index is -4.95. The van der Waals surface area contributed by atoms with Gasteiger partial charge in [-0.25, -0.2) is 13.6 Å². The van der Waals surface area contributed by atoms with Crippen molar-refractivity contribution in [2.75, 3.05) is 50.7 Å². The molecule has 1 saturated heterocycles. The summed E-state index contributed by atoms with van der Waals surface area (Å²) >= 11 is 1.04. The summed E-state index contributed by atoms with van der Waals surface area (Å²) in [6.07, 6.45) is -2.24. The van der Waals surface area contributed by atoms with E-state index < -0.39 is 58.3 Å². The van der Waals surface area contributed by atoms with Gasteiger partial charge in [0, 0.05) is 59.5 Å². The number of hydrogen-bond donors (Lipinski definition) is 0. The van der Waals surface area contributed by atoms with Gasteiger partial charge in [-0.3, -0.25) is 9.36 Å². The van der Waals surface area contributed by atoms with Gasteiger partial charge in [-0.1, -0.05) is 12.7 Å². The van der Waals surface area contributed by atoms with E-state index in [1.54, 1.807) is 16.7 Å². The fourth-order valence-electron chi connectivity index (χ4n) is 5.84. The van der Waals surface area contributed by atoms with Crippen molar-refractivity contribution in [2.45, 2.75) is 36.1 Å². The number of hydrogen-bond acceptors (Lipinski definition) is 7. The van der Waals surface area contributed by atoms with Gasteiger partial charge in [-0.2, -0.15) is 18.2 Å². The van der Waals surface area contributed by atoms with Crippen LogP contribution in [0.1, 0.15) is 18.5 Å². The molecule has 2 aliphatic rings. The number of alkyl halides is 3. The Morgan fingerprint density at radius 1 is 1.18 bits per heavy atom. The van der Waals surface area contributed by atoms with Crippen LogP contribution in [0.25, 0.3) is 22.0 Å². The first kappa shape index (κ1) is 32.6. The minimum absolute atomic E-state index is 0.00395. The van der Waals surface area contributed by atoms with Gasteiger partial charge < -0.3 is 19.3 Å². The summed E-state index contributed by atoms with van der Waals surface area (Å²) in [5, 5.41) is 0.0236. The fourth-order valence-corrected chi connectivity index (χ4v) is 7.16. The van der Waals surface area contributed by atoms with E-state index in [9.17, 15) is 27.2 Å². The molecule has 1 amide bonds. The van der Waals surface area contributed by atoms with Crippen molar-refractivity contribution in [2.24, 2.45) is 0 Å². The molecule has 5 rings (SSSR count). The fraction of sp³-hybridized carbons (Fsp3) is 0.387. The standard InChI is InChI=1S/C31H31F5N4O4S/c1-5-19-14-38(17(3)13-39(19)25(41)6-2)29-22-12-23(31(34,35)36)26(21-8-7-18(32)11-24(21)33)28-27(22)40(30(42)37-29)20(16-45-28)15-44-10-9-43-4/h5-8,11-12,17,19-20H,1-2,9-10,13-16H2,3-4H3/t17-,19+,20-/m0/s1. The summed E-state index contributed by atoms with van der Waals surface area (Å²) < 4.78 is 85.6. The van der Waals surface area contributed by atoms with E-state index in [1.807, 2.05) is 0 Å². The van der Waals surface area contributed by atoms with Crippen LogP contribution in [0, 0.1) is 11.6 Å². The normalized spacial score (nSPS) is 20.0. The third-order valence-corrected chi connectivity index (χ3v) is 9.19. The Balaban J connectivity index is 1.80. The largest absolute Gasteiger partial charge is 0.417 e. The van der Waals surface area contributed by atoms with Gasteiger partial charge in [0.15, 0.2) is 0 Å². The highest BCUT2D eigenvalue weighted by atomic mass is 32.2. The second-order valence-electron chi connectivity index (χ2n) is 10.8. The molecule has 1 fully saturated rings. The summed E-state index contributed by atoms with van der Waals surface area (Å²) in [6.45, 7) is 9.94. The number of piperazine rings is 1. The van der Waals surface area contributed by atoms with Crippen molar-refractivity contribution in [3.8, 4) is 11.1 Å². The summed E-state index contributed by atoms with van der Waals surface area (Å²) in [6, 6.07) is 1.63. The first-order valence-corrected chi connectivity index (χ1v) is 15.1. The van der Waals surface area contributed by atoms with Crippen LogP contribution in [0.5, 0.6) is 0 Å². The lowest BCUT2D eigenvalue weighted by Crippen LogP contribution is -2.58. The molecule has 3 heterocycles. The van der Waals surface area contributed by atoms with Crippen LogP contribution in [-0.2, 0) is 20.4 Å². The molecule has 2 aromatic carbocycles. The van der Waals surface area contributed by atoms with Gasteiger partial charge in [0.2, 0.25) is 5.91 Å². The first-order chi connectivity index (χ1) is 21.4. The number of carbonyl (C=O) groups excluding carboxylic acids is 1. The summed E-state index contributed by atoms with van der Waals surface area (Å²) in [7, 11) is 1.51. The highest BCUT2D eigenvalue weighted by Crippen LogP contribution is 2.50. The number of rotatable bonds is 9. The number of benzene rings is 2. The molecule has 14 heteroatoms. The highest BCUT2D eigenvalue weighted by Gasteiger charge is 2.41. The molecular formula is C31H31F5N4O4S. The maximum Gasteiger partial charge on any atom is 0.417 e. The lowest BCUT2D eigenvalue weighted by atomic mass is 9.95. The van der Waals surface area contributed by atoms with E-state index >= 15 is 4.39 Å². The molecule has 240 valence electrons. The number of aromatic nitrogens is 2. The topological polar surface area (TPSA) is 76.9 Å². The second-order valence-corrected chi connectivity index (χ2v) is 11.8. The molecule has 0 unspecified atom stereocenters. The minimum Gasteiger partial charge on any atom is -0.382 e. The Morgan fingerprint density at radius 2 is 1.93 bits per heavy atom. The van der Waals surface area contributed by atoms with Gasteiger partial charge in [-0.05, 0) is 31.2 Å². The molecule has 1 aromatic heterocycles. The van der Waals surface area contributed by atoms with E-state index in [0.717, 1.165) is 30.0 Å². The van der Waals surface area contributed by atoms with Crippen LogP contribution in [0.15, 0.2) is 59.3 Å². The van der Waals surface area contributed by atoms with Gasteiger partial charge in [0.1, 0.15) is 17.5 Å². The van der Waals surface area contributed by atoms with Gasteiger partial charge >= 0.3 is 11.9 Å². The van der Waals surface area contributed by atoms with Gasteiger partial charge in [0.05, 0.1) is 43.0 Å². The summed E-state index contributed by atoms with van der Waals surface area (Å²) in [5.41, 5.74) is -2.67. The number of nitrogens with zero attached hydrogens (tertiary/aromatic N) is 4. The maximum atomic E-state index is 15.2. The Labute approximate surface area is 260 Å². The molecular weight excluding hydrogens is 619 g/mol. The Hall–Kier alpha value is -3.75. The Morgan fingerprint density at radius 3 is 2.58 bits per heavy atom. The van der Waals surface area contributed by atoms with Crippen molar-refractivity contribution in [3.05, 3.63) is 77.3 Å². The second kappa shape index (κ2) is 12.9.